The van der Waals surface area contributed by atoms with Crippen LogP contribution in [0.3, 0.4) is 0 Å². The molecule has 2 amide bonds. The summed E-state index contributed by atoms with van der Waals surface area (Å²) in [4.78, 5) is 23.3. The van der Waals surface area contributed by atoms with Crippen LogP contribution in [-0.4, -0.2) is 17.9 Å². The Bertz CT molecular complexity index is 541. The fourth-order valence-electron chi connectivity index (χ4n) is 2.55. The second-order valence-corrected chi connectivity index (χ2v) is 6.06. The van der Waals surface area contributed by atoms with Crippen molar-refractivity contribution in [2.75, 3.05) is 0 Å². The van der Waals surface area contributed by atoms with Gasteiger partial charge >= 0.3 is 0 Å². The Morgan fingerprint density at radius 3 is 2.64 bits per heavy atom. The molecule has 0 fully saturated rings. The van der Waals surface area contributed by atoms with Crippen molar-refractivity contribution < 1.29 is 9.59 Å². The van der Waals surface area contributed by atoms with Gasteiger partial charge in [-0.25, -0.2) is 0 Å². The number of carbonyl (C=O) groups excluding carboxylic acids is 2. The predicted octanol–water partition coefficient (Wildman–Crippen LogP) is 1.60. The Morgan fingerprint density at radius 2 is 1.86 bits per heavy atom. The highest BCUT2D eigenvalue weighted by atomic mass is 16.2. The molecular formula is C17H25N3O2. The van der Waals surface area contributed by atoms with Gasteiger partial charge in [-0.15, -0.1) is 0 Å². The number of benzene rings is 1. The van der Waals surface area contributed by atoms with E-state index in [4.69, 9.17) is 0 Å². The normalized spacial score (nSPS) is 13.0. The maximum Gasteiger partial charge on any atom is 0.220 e. The van der Waals surface area contributed by atoms with Crippen LogP contribution in [0.25, 0.3) is 0 Å². The zero-order chi connectivity index (χ0) is 15.9. The first-order valence-electron chi connectivity index (χ1n) is 7.92. The molecule has 0 spiro atoms. The fraction of sp³-hybridized carbons (Fsp3) is 0.529. The van der Waals surface area contributed by atoms with Crippen molar-refractivity contribution in [1.29, 1.82) is 0 Å². The Labute approximate surface area is 131 Å². The SMILES string of the molecule is CC(C)NC(=O)CCCC(=O)NCc1ccc2c(c1)CNC2. The number of hydrogen-bond donors (Lipinski definition) is 3. The molecule has 1 aliphatic rings. The van der Waals surface area contributed by atoms with Gasteiger partial charge in [-0.1, -0.05) is 18.2 Å². The van der Waals surface area contributed by atoms with Gasteiger partial charge < -0.3 is 16.0 Å². The molecule has 1 aromatic carbocycles. The van der Waals surface area contributed by atoms with E-state index in [0.717, 1.165) is 18.7 Å². The van der Waals surface area contributed by atoms with Gasteiger partial charge in [0, 0.05) is 38.5 Å². The molecule has 22 heavy (non-hydrogen) atoms. The molecule has 0 saturated carbocycles. The van der Waals surface area contributed by atoms with Crippen molar-refractivity contribution >= 4 is 11.8 Å². The fourth-order valence-corrected chi connectivity index (χ4v) is 2.55. The lowest BCUT2D eigenvalue weighted by atomic mass is 10.1. The van der Waals surface area contributed by atoms with Crippen molar-refractivity contribution in [2.24, 2.45) is 0 Å². The Morgan fingerprint density at radius 1 is 1.14 bits per heavy atom. The molecule has 5 nitrogen and oxygen atoms in total. The van der Waals surface area contributed by atoms with Gasteiger partial charge in [0.2, 0.25) is 11.8 Å². The van der Waals surface area contributed by atoms with Crippen molar-refractivity contribution in [3.8, 4) is 0 Å². The minimum atomic E-state index is -0.00373. The van der Waals surface area contributed by atoms with Crippen LogP contribution in [0.15, 0.2) is 18.2 Å². The maximum atomic E-state index is 11.8. The number of hydrogen-bond acceptors (Lipinski definition) is 3. The van der Waals surface area contributed by atoms with Crippen LogP contribution in [0.4, 0.5) is 0 Å². The monoisotopic (exact) mass is 303 g/mol. The Balaban J connectivity index is 1.66. The predicted molar refractivity (Wildman–Crippen MR) is 86.0 cm³/mol. The topological polar surface area (TPSA) is 70.2 Å². The average Bonchev–Trinajstić information content (AvgIpc) is 2.91. The van der Waals surface area contributed by atoms with Gasteiger partial charge in [0.1, 0.15) is 0 Å². The standard InChI is InChI=1S/C17H25N3O2/c1-12(2)20-17(22)5-3-4-16(21)19-9-13-6-7-14-10-18-11-15(14)8-13/h6-8,12,18H,3-5,9-11H2,1-2H3,(H,19,21)(H,20,22). The summed E-state index contributed by atoms with van der Waals surface area (Å²) < 4.78 is 0. The zero-order valence-corrected chi connectivity index (χ0v) is 13.4. The number of nitrogens with one attached hydrogen (secondary N) is 3. The van der Waals surface area contributed by atoms with E-state index < -0.39 is 0 Å². The third-order valence-corrected chi connectivity index (χ3v) is 3.65. The summed E-state index contributed by atoms with van der Waals surface area (Å²) in [5.74, 6) is 0.00453. The van der Waals surface area contributed by atoms with E-state index in [1.165, 1.54) is 11.1 Å². The quantitative estimate of drug-likeness (QED) is 0.716. The number of carbonyl (C=O) groups is 2. The lowest BCUT2D eigenvalue weighted by Crippen LogP contribution is -2.30. The van der Waals surface area contributed by atoms with Crippen molar-refractivity contribution in [3.63, 3.8) is 0 Å². The molecule has 0 aromatic heterocycles. The molecule has 0 saturated heterocycles. The molecule has 0 atom stereocenters. The van der Waals surface area contributed by atoms with Crippen LogP contribution in [0.5, 0.6) is 0 Å². The molecular weight excluding hydrogens is 278 g/mol. The summed E-state index contributed by atoms with van der Waals surface area (Å²) in [5, 5.41) is 9.04. The van der Waals surface area contributed by atoms with Crippen molar-refractivity contribution in [1.82, 2.24) is 16.0 Å². The molecule has 3 N–H and O–H groups in total. The summed E-state index contributed by atoms with van der Waals surface area (Å²) in [7, 11) is 0. The average molecular weight is 303 g/mol. The minimum Gasteiger partial charge on any atom is -0.354 e. The molecule has 5 heteroatoms. The molecule has 120 valence electrons. The van der Waals surface area contributed by atoms with Crippen molar-refractivity contribution in [3.05, 3.63) is 34.9 Å². The summed E-state index contributed by atoms with van der Waals surface area (Å²) >= 11 is 0. The van der Waals surface area contributed by atoms with Gasteiger partial charge in [-0.2, -0.15) is 0 Å². The molecule has 1 aromatic rings. The summed E-state index contributed by atoms with van der Waals surface area (Å²) in [6.07, 6.45) is 1.37. The first kappa shape index (κ1) is 16.5. The van der Waals surface area contributed by atoms with Crippen LogP contribution in [0.1, 0.15) is 49.8 Å². The van der Waals surface area contributed by atoms with Gasteiger partial charge in [0.15, 0.2) is 0 Å². The smallest absolute Gasteiger partial charge is 0.220 e. The molecule has 0 unspecified atom stereocenters. The molecule has 1 heterocycles. The van der Waals surface area contributed by atoms with E-state index in [9.17, 15) is 9.59 Å². The second kappa shape index (κ2) is 7.94. The third-order valence-electron chi connectivity index (χ3n) is 3.65. The third kappa shape index (κ3) is 5.15. The van der Waals surface area contributed by atoms with E-state index in [1.54, 1.807) is 0 Å². The Hall–Kier alpha value is -1.88. The van der Waals surface area contributed by atoms with E-state index in [2.05, 4.69) is 34.1 Å². The van der Waals surface area contributed by atoms with E-state index in [0.29, 0.717) is 25.8 Å². The molecule has 2 rings (SSSR count). The Kier molecular flexibility index (Phi) is 5.95. The van der Waals surface area contributed by atoms with Gasteiger partial charge in [0.25, 0.3) is 0 Å². The van der Waals surface area contributed by atoms with Crippen LogP contribution in [0.2, 0.25) is 0 Å². The summed E-state index contributed by atoms with van der Waals surface area (Å²) in [6, 6.07) is 6.47. The lowest BCUT2D eigenvalue weighted by molar-refractivity contribution is -0.122. The minimum absolute atomic E-state index is 0.00373. The summed E-state index contributed by atoms with van der Waals surface area (Å²) in [6.45, 7) is 6.24. The summed E-state index contributed by atoms with van der Waals surface area (Å²) in [5.41, 5.74) is 3.77. The molecule has 0 radical (unpaired) electrons. The van der Waals surface area contributed by atoms with Crippen LogP contribution in [0, 0.1) is 0 Å². The van der Waals surface area contributed by atoms with Gasteiger partial charge in [0.05, 0.1) is 0 Å². The second-order valence-electron chi connectivity index (χ2n) is 6.06. The highest BCUT2D eigenvalue weighted by Crippen LogP contribution is 2.16. The number of rotatable bonds is 7. The molecule has 0 bridgehead atoms. The first-order chi connectivity index (χ1) is 10.5. The number of fused-ring (bicyclic) bond motifs is 1. The first-order valence-corrected chi connectivity index (χ1v) is 7.92. The largest absolute Gasteiger partial charge is 0.354 e. The maximum absolute atomic E-state index is 11.8. The van der Waals surface area contributed by atoms with Gasteiger partial charge in [-0.05, 0) is 37.0 Å². The van der Waals surface area contributed by atoms with Gasteiger partial charge in [-0.3, -0.25) is 9.59 Å². The molecule has 0 aliphatic carbocycles. The van der Waals surface area contributed by atoms with Crippen LogP contribution in [-0.2, 0) is 29.2 Å². The van der Waals surface area contributed by atoms with E-state index >= 15 is 0 Å². The number of amides is 2. The van der Waals surface area contributed by atoms with E-state index in [1.807, 2.05) is 13.8 Å². The highest BCUT2D eigenvalue weighted by Gasteiger charge is 2.10. The van der Waals surface area contributed by atoms with Crippen LogP contribution >= 0.6 is 0 Å². The zero-order valence-electron chi connectivity index (χ0n) is 13.4. The lowest BCUT2D eigenvalue weighted by Gasteiger charge is -2.09. The van der Waals surface area contributed by atoms with Crippen LogP contribution < -0.4 is 16.0 Å². The molecule has 1 aliphatic heterocycles. The van der Waals surface area contributed by atoms with Crippen molar-refractivity contribution in [2.45, 2.75) is 58.8 Å². The van der Waals surface area contributed by atoms with E-state index in [-0.39, 0.29) is 17.9 Å². The highest BCUT2D eigenvalue weighted by molar-refractivity contribution is 5.78.